The second-order valence-corrected chi connectivity index (χ2v) is 5.70. The summed E-state index contributed by atoms with van der Waals surface area (Å²) in [4.78, 5) is 14.9. The molecular weight excluding hydrogens is 290 g/mol. The van der Waals surface area contributed by atoms with Crippen LogP contribution in [0, 0.1) is 0 Å². The first-order valence-corrected chi connectivity index (χ1v) is 6.98. The van der Waals surface area contributed by atoms with E-state index < -0.39 is 5.56 Å². The molecular formula is C16H14ClNO3. The van der Waals surface area contributed by atoms with E-state index in [9.17, 15) is 9.90 Å². The number of furan rings is 1. The molecule has 5 heteroatoms. The molecule has 21 heavy (non-hydrogen) atoms. The lowest BCUT2D eigenvalue weighted by atomic mass is 10.0. The van der Waals surface area contributed by atoms with Crippen molar-refractivity contribution in [3.05, 3.63) is 51.5 Å². The minimum absolute atomic E-state index is 0.102. The molecule has 0 saturated carbocycles. The van der Waals surface area contributed by atoms with Crippen LogP contribution in [0.5, 0.6) is 5.75 Å². The van der Waals surface area contributed by atoms with Gasteiger partial charge in [0.2, 0.25) is 0 Å². The van der Waals surface area contributed by atoms with Crippen molar-refractivity contribution in [2.45, 2.75) is 19.8 Å². The van der Waals surface area contributed by atoms with Gasteiger partial charge in [-0.25, -0.2) is 0 Å². The summed E-state index contributed by atoms with van der Waals surface area (Å²) in [5.41, 5.74) is 1.19. The standard InChI is InChI=1S/C16H14ClNO3/c1-8(2)9-5-13(21-7-9)14-15(19)11-4-3-10(17)6-12(11)18-16(14)20/h3-8H,1-2H3,(H2,18,19,20). The zero-order valence-electron chi connectivity index (χ0n) is 11.6. The Kier molecular flexibility index (Phi) is 3.26. The van der Waals surface area contributed by atoms with Crippen LogP contribution in [0.15, 0.2) is 39.7 Å². The Bertz CT molecular complexity index is 877. The first-order chi connectivity index (χ1) is 9.97. The number of hydrogen-bond donors (Lipinski definition) is 2. The first-order valence-electron chi connectivity index (χ1n) is 6.60. The van der Waals surface area contributed by atoms with E-state index in [4.69, 9.17) is 16.0 Å². The maximum Gasteiger partial charge on any atom is 0.263 e. The average molecular weight is 304 g/mol. The highest BCUT2D eigenvalue weighted by Gasteiger charge is 2.18. The first kappa shape index (κ1) is 13.8. The maximum atomic E-state index is 12.2. The lowest BCUT2D eigenvalue weighted by Gasteiger charge is -2.05. The van der Waals surface area contributed by atoms with Crippen LogP contribution in [0.4, 0.5) is 0 Å². The van der Waals surface area contributed by atoms with Crippen molar-refractivity contribution in [3.8, 4) is 17.1 Å². The Labute approximate surface area is 126 Å². The van der Waals surface area contributed by atoms with Gasteiger partial charge in [-0.2, -0.15) is 0 Å². The number of rotatable bonds is 2. The molecule has 2 heterocycles. The Morgan fingerprint density at radius 1 is 1.29 bits per heavy atom. The molecule has 0 aliphatic rings. The topological polar surface area (TPSA) is 66.2 Å². The van der Waals surface area contributed by atoms with Gasteiger partial charge in [0.05, 0.1) is 11.8 Å². The zero-order chi connectivity index (χ0) is 15.1. The van der Waals surface area contributed by atoms with Crippen molar-refractivity contribution in [2.24, 2.45) is 0 Å². The molecule has 3 aromatic rings. The molecule has 2 N–H and O–H groups in total. The van der Waals surface area contributed by atoms with Crippen molar-refractivity contribution >= 4 is 22.5 Å². The maximum absolute atomic E-state index is 12.2. The van der Waals surface area contributed by atoms with Gasteiger partial charge >= 0.3 is 0 Å². The second-order valence-electron chi connectivity index (χ2n) is 5.27. The third-order valence-electron chi connectivity index (χ3n) is 3.48. The summed E-state index contributed by atoms with van der Waals surface area (Å²) in [7, 11) is 0. The largest absolute Gasteiger partial charge is 0.506 e. The molecule has 108 valence electrons. The number of benzene rings is 1. The highest BCUT2D eigenvalue weighted by Crippen LogP contribution is 2.34. The molecule has 0 radical (unpaired) electrons. The number of aromatic hydroxyl groups is 1. The highest BCUT2D eigenvalue weighted by atomic mass is 35.5. The summed E-state index contributed by atoms with van der Waals surface area (Å²) < 4.78 is 5.44. The third kappa shape index (κ3) is 2.32. The number of aromatic amines is 1. The molecule has 4 nitrogen and oxygen atoms in total. The number of aromatic nitrogens is 1. The van der Waals surface area contributed by atoms with Gasteiger partial charge in [-0.15, -0.1) is 0 Å². The van der Waals surface area contributed by atoms with Crippen molar-refractivity contribution in [3.63, 3.8) is 0 Å². The SMILES string of the molecule is CC(C)c1coc(-c2c(O)c3ccc(Cl)cc3[nH]c2=O)c1. The fraction of sp³-hybridized carbons (Fsp3) is 0.188. The van der Waals surface area contributed by atoms with Crippen LogP contribution >= 0.6 is 11.6 Å². The van der Waals surface area contributed by atoms with Gasteiger partial charge in [-0.3, -0.25) is 4.79 Å². The molecule has 3 rings (SSSR count). The Morgan fingerprint density at radius 3 is 2.71 bits per heavy atom. The molecule has 0 spiro atoms. The molecule has 2 aromatic heterocycles. The fourth-order valence-corrected chi connectivity index (χ4v) is 2.44. The minimum Gasteiger partial charge on any atom is -0.506 e. The van der Waals surface area contributed by atoms with Crippen LogP contribution < -0.4 is 5.56 Å². The van der Waals surface area contributed by atoms with E-state index in [1.807, 2.05) is 13.8 Å². The number of H-pyrrole nitrogens is 1. The number of hydrogen-bond acceptors (Lipinski definition) is 3. The Morgan fingerprint density at radius 2 is 2.05 bits per heavy atom. The van der Waals surface area contributed by atoms with Crippen LogP contribution in [0.2, 0.25) is 5.02 Å². The Balaban J connectivity index is 2.27. The molecule has 0 saturated heterocycles. The normalized spacial score (nSPS) is 11.4. The van der Waals surface area contributed by atoms with Crippen molar-refractivity contribution in [1.29, 1.82) is 0 Å². The number of nitrogens with one attached hydrogen (secondary N) is 1. The highest BCUT2D eigenvalue weighted by molar-refractivity contribution is 6.31. The van der Waals surface area contributed by atoms with E-state index in [1.54, 1.807) is 30.5 Å². The van der Waals surface area contributed by atoms with Gasteiger partial charge in [0.15, 0.2) is 0 Å². The van der Waals surface area contributed by atoms with Crippen LogP contribution in [0.25, 0.3) is 22.2 Å². The van der Waals surface area contributed by atoms with E-state index >= 15 is 0 Å². The summed E-state index contributed by atoms with van der Waals surface area (Å²) in [5, 5.41) is 11.4. The van der Waals surface area contributed by atoms with E-state index in [-0.39, 0.29) is 17.2 Å². The summed E-state index contributed by atoms with van der Waals surface area (Å²) in [6, 6.07) is 6.70. The van der Waals surface area contributed by atoms with Crippen molar-refractivity contribution < 1.29 is 9.52 Å². The summed E-state index contributed by atoms with van der Waals surface area (Å²) in [6.07, 6.45) is 1.60. The molecule has 1 aromatic carbocycles. The van der Waals surface area contributed by atoms with Crippen LogP contribution in [0.1, 0.15) is 25.3 Å². The molecule has 0 amide bonds. The monoisotopic (exact) mass is 303 g/mol. The lowest BCUT2D eigenvalue weighted by molar-refractivity contribution is 0.478. The van der Waals surface area contributed by atoms with Crippen LogP contribution in [0.3, 0.4) is 0 Å². The third-order valence-corrected chi connectivity index (χ3v) is 3.72. The smallest absolute Gasteiger partial charge is 0.263 e. The molecule has 0 unspecified atom stereocenters. The van der Waals surface area contributed by atoms with Gasteiger partial charge < -0.3 is 14.5 Å². The van der Waals surface area contributed by atoms with Gasteiger partial charge in [0, 0.05) is 10.4 Å². The zero-order valence-corrected chi connectivity index (χ0v) is 12.4. The molecule has 0 fully saturated rings. The predicted octanol–water partition coefficient (Wildman–Crippen LogP) is 4.27. The molecule has 0 bridgehead atoms. The fourth-order valence-electron chi connectivity index (χ4n) is 2.27. The predicted molar refractivity (Wildman–Crippen MR) is 83.0 cm³/mol. The molecule has 0 atom stereocenters. The summed E-state index contributed by atoms with van der Waals surface area (Å²) >= 11 is 5.90. The van der Waals surface area contributed by atoms with Gasteiger partial charge in [0.1, 0.15) is 17.1 Å². The number of halogens is 1. The van der Waals surface area contributed by atoms with E-state index in [1.165, 1.54) is 0 Å². The number of pyridine rings is 1. The minimum atomic E-state index is -0.410. The second kappa shape index (κ2) is 4.97. The van der Waals surface area contributed by atoms with Crippen molar-refractivity contribution in [2.75, 3.05) is 0 Å². The van der Waals surface area contributed by atoms with Gasteiger partial charge in [-0.05, 0) is 35.7 Å². The van der Waals surface area contributed by atoms with Gasteiger partial charge in [-0.1, -0.05) is 25.4 Å². The Hall–Kier alpha value is -2.20. The van der Waals surface area contributed by atoms with Gasteiger partial charge in [0.25, 0.3) is 5.56 Å². The van der Waals surface area contributed by atoms with Crippen molar-refractivity contribution in [1.82, 2.24) is 4.98 Å². The molecule has 0 aliphatic heterocycles. The lowest BCUT2D eigenvalue weighted by Crippen LogP contribution is -2.08. The van der Waals surface area contributed by atoms with Crippen LogP contribution in [-0.4, -0.2) is 10.1 Å². The van der Waals surface area contributed by atoms with E-state index in [0.29, 0.717) is 21.7 Å². The van der Waals surface area contributed by atoms with Crippen LogP contribution in [-0.2, 0) is 0 Å². The summed E-state index contributed by atoms with van der Waals surface area (Å²) in [5.74, 6) is 0.535. The average Bonchev–Trinajstić information content (AvgIpc) is 2.87. The summed E-state index contributed by atoms with van der Waals surface area (Å²) in [6.45, 7) is 4.06. The molecule has 0 aliphatic carbocycles. The van der Waals surface area contributed by atoms with E-state index in [0.717, 1.165) is 5.56 Å². The number of fused-ring (bicyclic) bond motifs is 1. The van der Waals surface area contributed by atoms with E-state index in [2.05, 4.69) is 4.98 Å². The quantitative estimate of drug-likeness (QED) is 0.743.